The molecule has 0 aliphatic heterocycles. The van der Waals surface area contributed by atoms with E-state index in [1.54, 1.807) is 0 Å². The summed E-state index contributed by atoms with van der Waals surface area (Å²) in [5.74, 6) is 1.29. The number of methoxy groups -OCH3 is 1. The smallest absolute Gasteiger partial charge is 0.305 e. The maximum atomic E-state index is 11.3. The molecule has 2 rings (SSSR count). The van der Waals surface area contributed by atoms with Crippen molar-refractivity contribution in [1.29, 1.82) is 0 Å². The lowest BCUT2D eigenvalue weighted by atomic mass is 9.96. The van der Waals surface area contributed by atoms with Crippen LogP contribution in [0.1, 0.15) is 83.6 Å². The van der Waals surface area contributed by atoms with Crippen LogP contribution in [0, 0.1) is 11.8 Å². The predicted molar refractivity (Wildman–Crippen MR) is 147 cm³/mol. The highest BCUT2D eigenvalue weighted by molar-refractivity contribution is 8.03. The SMILES string of the molecule is CCCC[C@@H](C)C[C@H](O)/C=C/[C@@H]1C(SCCCCCC(=O)OC)=C(CCc2ccccc2)C[C@H]1O. The lowest BCUT2D eigenvalue weighted by Gasteiger charge is -2.17. The summed E-state index contributed by atoms with van der Waals surface area (Å²) in [7, 11) is 1.43. The van der Waals surface area contributed by atoms with E-state index in [0.717, 1.165) is 50.7 Å². The minimum Gasteiger partial charge on any atom is -0.469 e. The van der Waals surface area contributed by atoms with Crippen molar-refractivity contribution < 1.29 is 19.7 Å². The van der Waals surface area contributed by atoms with Crippen LogP contribution in [0.2, 0.25) is 0 Å². The summed E-state index contributed by atoms with van der Waals surface area (Å²) in [5, 5.41) is 21.5. The second-order valence-electron chi connectivity index (χ2n) is 9.92. The second-order valence-corrected chi connectivity index (χ2v) is 11.1. The standard InChI is InChI=1S/C30H46O4S/c1-4-5-12-23(2)21-26(31)18-19-27-28(32)22-25(17-16-24-13-8-6-9-14-24)30(27)35-20-11-7-10-15-29(33)34-3/h6,8-9,13-14,18-19,23,26-28,31-32H,4-5,7,10-12,15-17,20-22H2,1-3H3/b19-18+/t23-,26-,27+,28-/m1/s1. The van der Waals surface area contributed by atoms with Crippen LogP contribution >= 0.6 is 11.8 Å². The van der Waals surface area contributed by atoms with E-state index in [0.29, 0.717) is 18.8 Å². The van der Waals surface area contributed by atoms with Gasteiger partial charge in [0, 0.05) is 12.3 Å². The molecule has 1 aromatic rings. The van der Waals surface area contributed by atoms with E-state index < -0.39 is 12.2 Å². The van der Waals surface area contributed by atoms with Crippen molar-refractivity contribution in [1.82, 2.24) is 0 Å². The highest BCUT2D eigenvalue weighted by atomic mass is 32.2. The number of esters is 1. The van der Waals surface area contributed by atoms with Crippen LogP contribution < -0.4 is 0 Å². The molecule has 0 heterocycles. The number of hydrogen-bond donors (Lipinski definition) is 2. The molecule has 0 unspecified atom stereocenters. The summed E-state index contributed by atoms with van der Waals surface area (Å²) >= 11 is 1.85. The monoisotopic (exact) mass is 502 g/mol. The van der Waals surface area contributed by atoms with Gasteiger partial charge in [0.15, 0.2) is 0 Å². The highest BCUT2D eigenvalue weighted by Gasteiger charge is 2.31. The van der Waals surface area contributed by atoms with Crippen molar-refractivity contribution in [2.24, 2.45) is 11.8 Å². The fraction of sp³-hybridized carbons (Fsp3) is 0.633. The zero-order valence-electron chi connectivity index (χ0n) is 22.0. The molecule has 196 valence electrons. The topological polar surface area (TPSA) is 66.8 Å². The van der Waals surface area contributed by atoms with E-state index in [-0.39, 0.29) is 11.9 Å². The lowest BCUT2D eigenvalue weighted by molar-refractivity contribution is -0.140. The van der Waals surface area contributed by atoms with Gasteiger partial charge in [-0.3, -0.25) is 4.79 Å². The molecule has 0 aromatic heterocycles. The molecule has 0 fully saturated rings. The van der Waals surface area contributed by atoms with Crippen LogP contribution in [0.25, 0.3) is 0 Å². The summed E-state index contributed by atoms with van der Waals surface area (Å²) in [6, 6.07) is 10.5. The molecule has 0 amide bonds. The number of benzene rings is 1. The number of rotatable bonds is 17. The first-order chi connectivity index (χ1) is 16.9. The molecule has 0 spiro atoms. The van der Waals surface area contributed by atoms with E-state index >= 15 is 0 Å². The molecule has 0 saturated carbocycles. The van der Waals surface area contributed by atoms with Crippen LogP contribution in [0.5, 0.6) is 0 Å². The van der Waals surface area contributed by atoms with E-state index in [9.17, 15) is 15.0 Å². The minimum absolute atomic E-state index is 0.0403. The van der Waals surface area contributed by atoms with Gasteiger partial charge in [-0.2, -0.15) is 0 Å². The van der Waals surface area contributed by atoms with Crippen LogP contribution in [0.3, 0.4) is 0 Å². The van der Waals surface area contributed by atoms with Crippen LogP contribution in [-0.4, -0.2) is 41.3 Å². The third-order valence-electron chi connectivity index (χ3n) is 6.82. The van der Waals surface area contributed by atoms with Gasteiger partial charge < -0.3 is 14.9 Å². The van der Waals surface area contributed by atoms with Crippen LogP contribution in [0.4, 0.5) is 0 Å². The van der Waals surface area contributed by atoms with Gasteiger partial charge >= 0.3 is 5.97 Å². The average Bonchev–Trinajstić information content (AvgIpc) is 3.16. The number of hydrogen-bond acceptors (Lipinski definition) is 5. The van der Waals surface area contributed by atoms with Crippen molar-refractivity contribution in [3.8, 4) is 0 Å². The van der Waals surface area contributed by atoms with Gasteiger partial charge in [0.25, 0.3) is 0 Å². The van der Waals surface area contributed by atoms with E-state index in [1.165, 1.54) is 36.0 Å². The molecule has 4 nitrogen and oxygen atoms in total. The van der Waals surface area contributed by atoms with Crippen molar-refractivity contribution in [3.05, 3.63) is 58.5 Å². The summed E-state index contributed by atoms with van der Waals surface area (Å²) in [6.07, 6.45) is 13.3. The Morgan fingerprint density at radius 1 is 1.17 bits per heavy atom. The highest BCUT2D eigenvalue weighted by Crippen LogP contribution is 2.42. The van der Waals surface area contributed by atoms with Crippen molar-refractivity contribution in [3.63, 3.8) is 0 Å². The van der Waals surface area contributed by atoms with Gasteiger partial charge in [-0.1, -0.05) is 87.6 Å². The molecule has 35 heavy (non-hydrogen) atoms. The maximum absolute atomic E-state index is 11.3. The number of aliphatic hydroxyl groups is 2. The van der Waals surface area contributed by atoms with Gasteiger partial charge in [-0.05, 0) is 60.7 Å². The van der Waals surface area contributed by atoms with Gasteiger partial charge in [0.2, 0.25) is 0 Å². The fourth-order valence-electron chi connectivity index (χ4n) is 4.71. The number of unbranched alkanes of at least 4 members (excludes halogenated alkanes) is 3. The van der Waals surface area contributed by atoms with Crippen LogP contribution in [0.15, 0.2) is 53.0 Å². The first kappa shape index (κ1) is 29.7. The Balaban J connectivity index is 2.00. The lowest BCUT2D eigenvalue weighted by Crippen LogP contribution is -2.15. The van der Waals surface area contributed by atoms with Crippen molar-refractivity contribution in [2.75, 3.05) is 12.9 Å². The second kappa shape index (κ2) is 17.0. The maximum Gasteiger partial charge on any atom is 0.305 e. The zero-order chi connectivity index (χ0) is 25.5. The van der Waals surface area contributed by atoms with Crippen molar-refractivity contribution >= 4 is 17.7 Å². The van der Waals surface area contributed by atoms with Gasteiger partial charge in [0.1, 0.15) is 0 Å². The Hall–Kier alpha value is -1.56. The van der Waals surface area contributed by atoms with Gasteiger partial charge in [0.05, 0.1) is 19.3 Å². The number of aliphatic hydroxyl groups excluding tert-OH is 2. The van der Waals surface area contributed by atoms with E-state index in [1.807, 2.05) is 23.9 Å². The van der Waals surface area contributed by atoms with E-state index in [4.69, 9.17) is 4.74 Å². The Labute approximate surface area is 217 Å². The molecule has 1 aromatic carbocycles. The van der Waals surface area contributed by atoms with Gasteiger partial charge in [-0.25, -0.2) is 0 Å². The van der Waals surface area contributed by atoms with Crippen molar-refractivity contribution in [2.45, 2.75) is 96.7 Å². The summed E-state index contributed by atoms with van der Waals surface area (Å²) in [6.45, 7) is 4.41. The molecular weight excluding hydrogens is 456 g/mol. The Morgan fingerprint density at radius 3 is 2.66 bits per heavy atom. The third-order valence-corrected chi connectivity index (χ3v) is 8.19. The molecule has 1 aliphatic carbocycles. The molecule has 1 aliphatic rings. The fourth-order valence-corrected chi connectivity index (χ4v) is 6.10. The quantitative estimate of drug-likeness (QED) is 0.138. The molecular formula is C30H46O4S. The number of carbonyl (C=O) groups is 1. The van der Waals surface area contributed by atoms with Crippen LogP contribution in [-0.2, 0) is 16.0 Å². The molecule has 5 heteroatoms. The average molecular weight is 503 g/mol. The van der Waals surface area contributed by atoms with Gasteiger partial charge in [-0.15, -0.1) is 11.8 Å². The zero-order valence-corrected chi connectivity index (χ0v) is 22.8. The summed E-state index contributed by atoms with van der Waals surface area (Å²) < 4.78 is 4.72. The summed E-state index contributed by atoms with van der Waals surface area (Å²) in [5.41, 5.74) is 2.67. The molecule has 0 bridgehead atoms. The Bertz CT molecular complexity index is 789. The third kappa shape index (κ3) is 11.4. The number of carbonyl (C=O) groups excluding carboxylic acids is 1. The summed E-state index contributed by atoms with van der Waals surface area (Å²) in [4.78, 5) is 12.6. The number of aryl methyl sites for hydroxylation is 1. The Kier molecular flexibility index (Phi) is 14.4. The minimum atomic E-state index is -0.466. The Morgan fingerprint density at radius 2 is 1.94 bits per heavy atom. The first-order valence-corrected chi connectivity index (χ1v) is 14.4. The largest absolute Gasteiger partial charge is 0.469 e. The molecule has 2 N–H and O–H groups in total. The first-order valence-electron chi connectivity index (χ1n) is 13.4. The number of thioether (sulfide) groups is 1. The molecule has 0 saturated heterocycles. The predicted octanol–water partition coefficient (Wildman–Crippen LogP) is 6.85. The number of ether oxygens (including phenoxy) is 1. The molecule has 4 atom stereocenters. The normalized spacial score (nSPS) is 19.9. The van der Waals surface area contributed by atoms with E-state index in [2.05, 4.69) is 44.2 Å². The molecule has 0 radical (unpaired) electrons.